The lowest BCUT2D eigenvalue weighted by Gasteiger charge is -2.23. The van der Waals surface area contributed by atoms with Gasteiger partial charge in [-0.1, -0.05) is 12.1 Å². The van der Waals surface area contributed by atoms with Crippen LogP contribution in [0.25, 0.3) is 0 Å². The molecule has 2 N–H and O–H groups in total. The molecular formula is C13H14FNO5. The van der Waals surface area contributed by atoms with Crippen molar-refractivity contribution < 1.29 is 28.6 Å². The molecule has 108 valence electrons. The number of carboxylic acid groups (broad SMARTS) is 1. The van der Waals surface area contributed by atoms with Crippen molar-refractivity contribution in [2.45, 2.75) is 12.0 Å². The van der Waals surface area contributed by atoms with Crippen LogP contribution < -0.4 is 10.1 Å². The van der Waals surface area contributed by atoms with Crippen molar-refractivity contribution >= 4 is 11.9 Å². The molecule has 0 bridgehead atoms. The summed E-state index contributed by atoms with van der Waals surface area (Å²) in [5.74, 6) is -2.44. The summed E-state index contributed by atoms with van der Waals surface area (Å²) in [4.78, 5) is 22.9. The van der Waals surface area contributed by atoms with Crippen LogP contribution in [0.1, 0.15) is 6.42 Å². The first kappa shape index (κ1) is 14.3. The summed E-state index contributed by atoms with van der Waals surface area (Å²) < 4.78 is 23.3. The molecule has 2 rings (SSSR count). The maximum atomic E-state index is 13.3. The maximum absolute atomic E-state index is 13.3. The van der Waals surface area contributed by atoms with Gasteiger partial charge in [-0.3, -0.25) is 4.79 Å². The lowest BCUT2D eigenvalue weighted by Crippen LogP contribution is -2.56. The molecular weight excluding hydrogens is 269 g/mol. The Hall–Kier alpha value is -2.15. The van der Waals surface area contributed by atoms with E-state index in [4.69, 9.17) is 14.6 Å². The Labute approximate surface area is 114 Å². The molecule has 0 aliphatic carbocycles. The van der Waals surface area contributed by atoms with Gasteiger partial charge in [-0.2, -0.15) is 0 Å². The minimum Gasteiger partial charge on any atom is -0.481 e. The molecule has 1 aromatic rings. The summed E-state index contributed by atoms with van der Waals surface area (Å²) in [6.07, 6.45) is 0.188. The van der Waals surface area contributed by atoms with Gasteiger partial charge >= 0.3 is 5.97 Å². The van der Waals surface area contributed by atoms with E-state index in [1.807, 2.05) is 0 Å². The first-order chi connectivity index (χ1) is 9.53. The second-order valence-corrected chi connectivity index (χ2v) is 4.46. The van der Waals surface area contributed by atoms with E-state index >= 15 is 0 Å². The molecule has 1 amide bonds. The Bertz CT molecular complexity index is 513. The predicted octanol–water partition coefficient (Wildman–Crippen LogP) is 0.564. The van der Waals surface area contributed by atoms with Crippen LogP contribution >= 0.6 is 0 Å². The van der Waals surface area contributed by atoms with Gasteiger partial charge in [0.25, 0.3) is 5.91 Å². The number of ether oxygens (including phenoxy) is 2. The number of nitrogens with one attached hydrogen (secondary N) is 1. The second kappa shape index (κ2) is 5.87. The van der Waals surface area contributed by atoms with Gasteiger partial charge < -0.3 is 19.9 Å². The fourth-order valence-electron chi connectivity index (χ4n) is 1.89. The van der Waals surface area contributed by atoms with Gasteiger partial charge in [-0.25, -0.2) is 9.18 Å². The number of carboxylic acids is 1. The first-order valence-corrected chi connectivity index (χ1v) is 6.03. The highest BCUT2D eigenvalue weighted by molar-refractivity contribution is 5.88. The molecule has 0 aromatic heterocycles. The highest BCUT2D eigenvalue weighted by atomic mass is 19.1. The lowest BCUT2D eigenvalue weighted by atomic mass is 9.99. The van der Waals surface area contributed by atoms with E-state index in [1.54, 1.807) is 6.07 Å². The van der Waals surface area contributed by atoms with Gasteiger partial charge in [-0.15, -0.1) is 0 Å². The number of carbonyl (C=O) groups excluding carboxylic acids is 1. The number of aliphatic carboxylic acids is 1. The van der Waals surface area contributed by atoms with Crippen LogP contribution in [-0.2, 0) is 14.3 Å². The molecule has 1 saturated heterocycles. The standard InChI is InChI=1S/C13H14FNO5/c14-9-3-1-2-4-10(9)20-7-11(16)15-13(12(17)18)5-6-19-8-13/h1-4H,5-8H2,(H,15,16)(H,17,18). The molecule has 1 atom stereocenters. The third-order valence-corrected chi connectivity index (χ3v) is 3.01. The Morgan fingerprint density at radius 2 is 2.20 bits per heavy atom. The molecule has 0 saturated carbocycles. The van der Waals surface area contributed by atoms with E-state index in [-0.39, 0.29) is 25.4 Å². The number of benzene rings is 1. The number of rotatable bonds is 5. The van der Waals surface area contributed by atoms with E-state index in [2.05, 4.69) is 5.32 Å². The topological polar surface area (TPSA) is 84.9 Å². The molecule has 6 nitrogen and oxygen atoms in total. The van der Waals surface area contributed by atoms with Gasteiger partial charge in [0.15, 0.2) is 23.7 Å². The van der Waals surface area contributed by atoms with Gasteiger partial charge in [0.05, 0.1) is 6.61 Å². The fourth-order valence-corrected chi connectivity index (χ4v) is 1.89. The van der Waals surface area contributed by atoms with Crippen LogP contribution in [0.5, 0.6) is 5.75 Å². The molecule has 1 aliphatic rings. The van der Waals surface area contributed by atoms with Crippen LogP contribution in [-0.4, -0.2) is 42.3 Å². The van der Waals surface area contributed by atoms with Gasteiger partial charge in [0, 0.05) is 13.0 Å². The van der Waals surface area contributed by atoms with Crippen molar-refractivity contribution in [1.29, 1.82) is 0 Å². The monoisotopic (exact) mass is 283 g/mol. The normalized spacial score (nSPS) is 21.4. The van der Waals surface area contributed by atoms with E-state index in [0.29, 0.717) is 0 Å². The molecule has 1 heterocycles. The van der Waals surface area contributed by atoms with Gasteiger partial charge in [-0.05, 0) is 12.1 Å². The first-order valence-electron chi connectivity index (χ1n) is 6.03. The summed E-state index contributed by atoms with van der Waals surface area (Å²) in [6.45, 7) is -0.287. The summed E-state index contributed by atoms with van der Waals surface area (Å²) >= 11 is 0. The van der Waals surface area contributed by atoms with Gasteiger partial charge in [0.1, 0.15) is 0 Å². The van der Waals surface area contributed by atoms with Crippen LogP contribution in [0.2, 0.25) is 0 Å². The number of amides is 1. The number of para-hydroxylation sites is 1. The second-order valence-electron chi connectivity index (χ2n) is 4.46. The van der Waals surface area contributed by atoms with E-state index in [1.165, 1.54) is 18.2 Å². The minimum atomic E-state index is -1.42. The van der Waals surface area contributed by atoms with E-state index in [9.17, 15) is 14.0 Å². The number of carbonyl (C=O) groups is 2. The van der Waals surface area contributed by atoms with Gasteiger partial charge in [0.2, 0.25) is 0 Å². The Morgan fingerprint density at radius 3 is 2.80 bits per heavy atom. The Kier molecular flexibility index (Phi) is 4.19. The van der Waals surface area contributed by atoms with Crippen LogP contribution in [0.15, 0.2) is 24.3 Å². The molecule has 20 heavy (non-hydrogen) atoms. The van der Waals surface area contributed by atoms with Crippen molar-refractivity contribution in [3.8, 4) is 5.75 Å². The minimum absolute atomic E-state index is 0.0605. The predicted molar refractivity (Wildman–Crippen MR) is 65.8 cm³/mol. The average molecular weight is 283 g/mol. The Balaban J connectivity index is 1.92. The lowest BCUT2D eigenvalue weighted by molar-refractivity contribution is -0.148. The zero-order chi connectivity index (χ0) is 14.6. The zero-order valence-corrected chi connectivity index (χ0v) is 10.6. The van der Waals surface area contributed by atoms with Crippen molar-refractivity contribution in [3.05, 3.63) is 30.1 Å². The molecule has 1 aromatic carbocycles. The van der Waals surface area contributed by atoms with Crippen molar-refractivity contribution in [2.24, 2.45) is 0 Å². The average Bonchev–Trinajstić information content (AvgIpc) is 2.88. The molecule has 0 spiro atoms. The van der Waals surface area contributed by atoms with E-state index in [0.717, 1.165) is 0 Å². The largest absolute Gasteiger partial charge is 0.481 e. The van der Waals surface area contributed by atoms with Crippen LogP contribution in [0.4, 0.5) is 4.39 Å². The number of halogens is 1. The molecule has 1 unspecified atom stereocenters. The summed E-state index contributed by atoms with van der Waals surface area (Å²) in [5, 5.41) is 11.5. The van der Waals surface area contributed by atoms with E-state index < -0.39 is 29.8 Å². The third-order valence-electron chi connectivity index (χ3n) is 3.01. The number of hydrogen-bond donors (Lipinski definition) is 2. The fraction of sp³-hybridized carbons (Fsp3) is 0.385. The smallest absolute Gasteiger partial charge is 0.331 e. The number of hydrogen-bond acceptors (Lipinski definition) is 4. The SMILES string of the molecule is O=C(COc1ccccc1F)NC1(C(=O)O)CCOC1. The molecule has 1 fully saturated rings. The van der Waals surface area contributed by atoms with Crippen LogP contribution in [0.3, 0.4) is 0 Å². The van der Waals surface area contributed by atoms with Crippen molar-refractivity contribution in [3.63, 3.8) is 0 Å². The summed E-state index contributed by atoms with van der Waals surface area (Å²) in [5.41, 5.74) is -1.42. The van der Waals surface area contributed by atoms with Crippen molar-refractivity contribution in [1.82, 2.24) is 5.32 Å². The maximum Gasteiger partial charge on any atom is 0.331 e. The zero-order valence-electron chi connectivity index (χ0n) is 10.6. The highest BCUT2D eigenvalue weighted by Gasteiger charge is 2.43. The molecule has 7 heteroatoms. The summed E-state index contributed by atoms with van der Waals surface area (Å²) in [7, 11) is 0. The quantitative estimate of drug-likeness (QED) is 0.825. The highest BCUT2D eigenvalue weighted by Crippen LogP contribution is 2.19. The van der Waals surface area contributed by atoms with Crippen molar-refractivity contribution in [2.75, 3.05) is 19.8 Å². The molecule has 0 radical (unpaired) electrons. The Morgan fingerprint density at radius 1 is 1.45 bits per heavy atom. The third kappa shape index (κ3) is 3.05. The molecule has 1 aliphatic heterocycles. The summed E-state index contributed by atoms with van der Waals surface area (Å²) in [6, 6.07) is 5.66. The van der Waals surface area contributed by atoms with Crippen LogP contribution in [0, 0.1) is 5.82 Å².